The Balaban J connectivity index is 1.99. The van der Waals surface area contributed by atoms with E-state index in [0.717, 1.165) is 12.8 Å². The molecule has 0 aromatic carbocycles. The van der Waals surface area contributed by atoms with Crippen LogP contribution in [-0.4, -0.2) is 25.4 Å². The van der Waals surface area contributed by atoms with Crippen LogP contribution in [0.1, 0.15) is 66.7 Å². The number of carbonyl (C=O) groups is 1. The van der Waals surface area contributed by atoms with Gasteiger partial charge in [-0.15, -0.1) is 11.3 Å². The number of carbonyl (C=O) groups excluding carboxylic acids is 1. The van der Waals surface area contributed by atoms with Gasteiger partial charge in [-0.25, -0.2) is 13.4 Å². The molecule has 0 aliphatic heterocycles. The maximum Gasteiger partial charge on any atom is 0.259 e. The van der Waals surface area contributed by atoms with Crippen molar-refractivity contribution in [2.75, 3.05) is 4.72 Å². The van der Waals surface area contributed by atoms with Crippen molar-refractivity contribution in [3.8, 4) is 0 Å². The van der Waals surface area contributed by atoms with Gasteiger partial charge in [-0.1, -0.05) is 40.7 Å². The van der Waals surface area contributed by atoms with Gasteiger partial charge in [-0.2, -0.15) is 0 Å². The lowest BCUT2D eigenvalue weighted by atomic mass is 9.72. The van der Waals surface area contributed by atoms with E-state index in [1.807, 2.05) is 13.8 Å². The summed E-state index contributed by atoms with van der Waals surface area (Å²) in [6, 6.07) is -0.0258. The number of nitrogens with zero attached hydrogens (tertiary/aromatic N) is 1. The van der Waals surface area contributed by atoms with Gasteiger partial charge in [-0.05, 0) is 37.5 Å². The Morgan fingerprint density at radius 2 is 2.04 bits per heavy atom. The van der Waals surface area contributed by atoms with Crippen molar-refractivity contribution in [1.82, 2.24) is 10.3 Å². The summed E-state index contributed by atoms with van der Waals surface area (Å²) in [4.78, 5) is 17.2. The van der Waals surface area contributed by atoms with Crippen molar-refractivity contribution in [3.63, 3.8) is 0 Å². The Bertz CT molecular complexity index is 780. The van der Waals surface area contributed by atoms with E-state index in [1.165, 1.54) is 11.3 Å². The molecule has 152 valence electrons. The lowest BCUT2D eigenvalue weighted by Crippen LogP contribution is -2.46. The van der Waals surface area contributed by atoms with Gasteiger partial charge in [0.2, 0.25) is 5.91 Å². The third-order valence-corrected chi connectivity index (χ3v) is 7.29. The zero-order valence-corrected chi connectivity index (χ0v) is 18.5. The van der Waals surface area contributed by atoms with Crippen LogP contribution in [0.4, 0.5) is 5.13 Å². The lowest BCUT2D eigenvalue weighted by Gasteiger charge is -2.35. The second-order valence-electron chi connectivity index (χ2n) is 8.71. The van der Waals surface area contributed by atoms with Crippen molar-refractivity contribution in [1.29, 1.82) is 0 Å². The van der Waals surface area contributed by atoms with Gasteiger partial charge < -0.3 is 5.32 Å². The van der Waals surface area contributed by atoms with Gasteiger partial charge >= 0.3 is 0 Å². The molecule has 0 saturated carbocycles. The number of anilines is 1. The van der Waals surface area contributed by atoms with Crippen LogP contribution in [0.5, 0.6) is 0 Å². The molecule has 0 bridgehead atoms. The van der Waals surface area contributed by atoms with Crippen LogP contribution in [0, 0.1) is 10.8 Å². The molecule has 1 aliphatic carbocycles. The van der Waals surface area contributed by atoms with E-state index in [1.54, 1.807) is 17.7 Å². The SMILES string of the molecule is CCC(C)(CC(C)(C)C)C(=O)NC1CC=C(S(=O)(=O)Nc2nccs2)CC1. The summed E-state index contributed by atoms with van der Waals surface area (Å²) in [7, 11) is -3.57. The average molecular weight is 414 g/mol. The van der Waals surface area contributed by atoms with Gasteiger partial charge in [-0.3, -0.25) is 9.52 Å². The van der Waals surface area contributed by atoms with Crippen LogP contribution in [0.25, 0.3) is 0 Å². The summed E-state index contributed by atoms with van der Waals surface area (Å²) in [6.07, 6.45) is 6.41. The van der Waals surface area contributed by atoms with E-state index in [0.29, 0.717) is 29.3 Å². The number of hydrogen-bond acceptors (Lipinski definition) is 5. The molecule has 1 aromatic heterocycles. The number of thiazole rings is 1. The molecule has 2 unspecified atom stereocenters. The second kappa shape index (κ2) is 8.31. The van der Waals surface area contributed by atoms with Gasteiger partial charge in [0.1, 0.15) is 0 Å². The zero-order valence-electron chi connectivity index (χ0n) is 16.8. The highest BCUT2D eigenvalue weighted by Crippen LogP contribution is 2.37. The monoisotopic (exact) mass is 413 g/mol. The summed E-state index contributed by atoms with van der Waals surface area (Å²) < 4.78 is 27.4. The lowest BCUT2D eigenvalue weighted by molar-refractivity contribution is -0.132. The Labute approximate surface area is 166 Å². The minimum Gasteiger partial charge on any atom is -0.353 e. The number of hydrogen-bond donors (Lipinski definition) is 2. The number of rotatable bonds is 7. The molecule has 2 N–H and O–H groups in total. The first kappa shape index (κ1) is 21.9. The third-order valence-electron chi connectivity index (χ3n) is 4.95. The van der Waals surface area contributed by atoms with Crippen molar-refractivity contribution in [3.05, 3.63) is 22.6 Å². The molecule has 27 heavy (non-hydrogen) atoms. The van der Waals surface area contributed by atoms with Crippen LogP contribution in [0.15, 0.2) is 22.6 Å². The van der Waals surface area contributed by atoms with E-state index in [-0.39, 0.29) is 17.4 Å². The average Bonchev–Trinajstić information content (AvgIpc) is 3.06. The standard InChI is InChI=1S/C19H31N3O3S2/c1-6-19(5,13-18(2,3)4)16(23)21-14-7-9-15(10-8-14)27(24,25)22-17-20-11-12-26-17/h9,11-12,14H,6-8,10,13H2,1-5H3,(H,20,22)(H,21,23). The molecule has 0 radical (unpaired) electrons. The molecule has 0 fully saturated rings. The fourth-order valence-electron chi connectivity index (χ4n) is 3.54. The fraction of sp³-hybridized carbons (Fsp3) is 0.684. The van der Waals surface area contributed by atoms with Crippen LogP contribution >= 0.6 is 11.3 Å². The molecule has 6 nitrogen and oxygen atoms in total. The fourth-order valence-corrected chi connectivity index (χ4v) is 5.55. The Kier molecular flexibility index (Phi) is 6.73. The number of sulfonamides is 1. The molecule has 2 atom stereocenters. The Morgan fingerprint density at radius 1 is 1.33 bits per heavy atom. The summed E-state index contributed by atoms with van der Waals surface area (Å²) in [6.45, 7) is 10.5. The van der Waals surface area contributed by atoms with Crippen molar-refractivity contribution >= 4 is 32.4 Å². The van der Waals surface area contributed by atoms with E-state index < -0.39 is 15.4 Å². The first-order chi connectivity index (χ1) is 12.5. The van der Waals surface area contributed by atoms with E-state index in [2.05, 4.69) is 35.8 Å². The van der Waals surface area contributed by atoms with Crippen LogP contribution in [-0.2, 0) is 14.8 Å². The molecule has 1 heterocycles. The number of allylic oxidation sites excluding steroid dienone is 1. The topological polar surface area (TPSA) is 88.2 Å². The van der Waals surface area contributed by atoms with E-state index in [4.69, 9.17) is 0 Å². The van der Waals surface area contributed by atoms with Crippen LogP contribution < -0.4 is 10.0 Å². The minimum atomic E-state index is -3.57. The van der Waals surface area contributed by atoms with Crippen molar-refractivity contribution in [2.24, 2.45) is 10.8 Å². The normalized spacial score (nSPS) is 20.5. The number of aromatic nitrogens is 1. The molecular weight excluding hydrogens is 382 g/mol. The maximum absolute atomic E-state index is 12.9. The zero-order chi connectivity index (χ0) is 20.3. The van der Waals surface area contributed by atoms with Gasteiger partial charge in [0, 0.05) is 23.0 Å². The molecule has 0 saturated heterocycles. The summed E-state index contributed by atoms with van der Waals surface area (Å²) in [5, 5.41) is 5.23. The number of amides is 1. The highest BCUT2D eigenvalue weighted by Gasteiger charge is 2.36. The third kappa shape index (κ3) is 6.04. The van der Waals surface area contributed by atoms with Gasteiger partial charge in [0.05, 0.1) is 4.91 Å². The summed E-state index contributed by atoms with van der Waals surface area (Å²) in [5.74, 6) is 0.0607. The van der Waals surface area contributed by atoms with E-state index in [9.17, 15) is 13.2 Å². The molecule has 8 heteroatoms. The molecule has 0 spiro atoms. The molecule has 1 amide bonds. The highest BCUT2D eigenvalue weighted by molar-refractivity contribution is 7.96. The molecule has 1 aromatic rings. The second-order valence-corrected chi connectivity index (χ2v) is 11.3. The molecular formula is C19H31N3O3S2. The van der Waals surface area contributed by atoms with Gasteiger partial charge in [0.15, 0.2) is 5.13 Å². The summed E-state index contributed by atoms with van der Waals surface area (Å²) >= 11 is 1.25. The Morgan fingerprint density at radius 3 is 2.52 bits per heavy atom. The first-order valence-corrected chi connectivity index (χ1v) is 11.7. The predicted octanol–water partition coefficient (Wildman–Crippen LogP) is 4.29. The number of nitrogens with one attached hydrogen (secondary N) is 2. The van der Waals surface area contributed by atoms with Crippen molar-refractivity contribution < 1.29 is 13.2 Å². The van der Waals surface area contributed by atoms with E-state index >= 15 is 0 Å². The Hall–Kier alpha value is -1.41. The quantitative estimate of drug-likeness (QED) is 0.698. The van der Waals surface area contributed by atoms with Gasteiger partial charge in [0.25, 0.3) is 10.0 Å². The van der Waals surface area contributed by atoms with Crippen LogP contribution in [0.2, 0.25) is 0 Å². The van der Waals surface area contributed by atoms with Crippen LogP contribution in [0.3, 0.4) is 0 Å². The maximum atomic E-state index is 12.9. The highest BCUT2D eigenvalue weighted by atomic mass is 32.2. The predicted molar refractivity (Wildman–Crippen MR) is 111 cm³/mol. The smallest absolute Gasteiger partial charge is 0.259 e. The molecule has 1 aliphatic rings. The molecule has 2 rings (SSSR count). The minimum absolute atomic E-state index is 0.0258. The summed E-state index contributed by atoms with van der Waals surface area (Å²) in [5.41, 5.74) is -0.349. The first-order valence-electron chi connectivity index (χ1n) is 9.37. The van der Waals surface area contributed by atoms with Crippen molar-refractivity contribution in [2.45, 2.75) is 72.8 Å². The largest absolute Gasteiger partial charge is 0.353 e.